The van der Waals surface area contributed by atoms with Crippen molar-refractivity contribution in [2.24, 2.45) is 34.0 Å². The van der Waals surface area contributed by atoms with Crippen LogP contribution in [0.1, 0.15) is 67.2 Å². The maximum Gasteiger partial charge on any atom is 0.303 e. The maximum atomic E-state index is 12.4. The molecular weight excluding hydrogens is 440 g/mol. The largest absolute Gasteiger partial charge is 0.462 e. The first-order valence-corrected chi connectivity index (χ1v) is 12.2. The molecule has 0 radical (unpaired) electrons. The van der Waals surface area contributed by atoms with Crippen molar-refractivity contribution in [1.29, 1.82) is 0 Å². The summed E-state index contributed by atoms with van der Waals surface area (Å²) in [5.74, 6) is -2.41. The highest BCUT2D eigenvalue weighted by molar-refractivity contribution is 5.68. The first-order chi connectivity index (χ1) is 15.7. The van der Waals surface area contributed by atoms with E-state index >= 15 is 0 Å². The number of esters is 3. The summed E-state index contributed by atoms with van der Waals surface area (Å²) < 4.78 is 17.6. The van der Waals surface area contributed by atoms with Crippen LogP contribution in [0.5, 0.6) is 0 Å². The van der Waals surface area contributed by atoms with Gasteiger partial charge in [0, 0.05) is 43.4 Å². The van der Waals surface area contributed by atoms with E-state index in [0.717, 1.165) is 0 Å². The highest BCUT2D eigenvalue weighted by Crippen LogP contribution is 2.73. The molecule has 0 aromatic heterocycles. The van der Waals surface area contributed by atoms with Crippen LogP contribution in [0.2, 0.25) is 0 Å². The lowest BCUT2D eigenvalue weighted by Crippen LogP contribution is -2.74. The number of ether oxygens (including phenoxy) is 3. The van der Waals surface area contributed by atoms with Gasteiger partial charge in [-0.25, -0.2) is 0 Å². The van der Waals surface area contributed by atoms with Gasteiger partial charge in [-0.3, -0.25) is 14.4 Å². The SMILES string of the molecule is C=C1[C@@H]2C[C@H](O)[C@H]3[C@]4(C)CC[C@H](OC(C)=O)C(C)(C)[C@H]4[C@@H](OC(C)=O)[C@H](OC(C)=O)[C@]3(C2)[C@H]1O. The first-order valence-electron chi connectivity index (χ1n) is 12.2. The van der Waals surface area contributed by atoms with Crippen LogP contribution in [-0.4, -0.2) is 58.6 Å². The minimum absolute atomic E-state index is 0.108. The molecule has 0 heterocycles. The third-order valence-electron chi connectivity index (χ3n) is 9.53. The van der Waals surface area contributed by atoms with E-state index in [9.17, 15) is 24.6 Å². The minimum atomic E-state index is -1.03. The Labute approximate surface area is 201 Å². The zero-order valence-electron chi connectivity index (χ0n) is 21.0. The molecule has 4 fully saturated rings. The van der Waals surface area contributed by atoms with Crippen molar-refractivity contribution in [1.82, 2.24) is 0 Å². The molecule has 0 aliphatic heterocycles. The van der Waals surface area contributed by atoms with E-state index in [0.29, 0.717) is 31.3 Å². The number of hydrogen-bond acceptors (Lipinski definition) is 8. The van der Waals surface area contributed by atoms with E-state index < -0.39 is 76.5 Å². The summed E-state index contributed by atoms with van der Waals surface area (Å²) >= 11 is 0. The van der Waals surface area contributed by atoms with Crippen molar-refractivity contribution in [2.75, 3.05) is 0 Å². The third-order valence-corrected chi connectivity index (χ3v) is 9.53. The fourth-order valence-electron chi connectivity index (χ4n) is 8.79. The fraction of sp³-hybridized carbons (Fsp3) is 0.808. The van der Waals surface area contributed by atoms with Gasteiger partial charge in [0.2, 0.25) is 0 Å². The number of aliphatic hydroxyl groups excluding tert-OH is 2. The second kappa shape index (κ2) is 8.05. The molecule has 8 nitrogen and oxygen atoms in total. The highest BCUT2D eigenvalue weighted by Gasteiger charge is 2.77. The molecule has 0 aromatic rings. The van der Waals surface area contributed by atoms with Gasteiger partial charge in [-0.15, -0.1) is 0 Å². The summed E-state index contributed by atoms with van der Waals surface area (Å²) in [6.45, 7) is 14.1. The smallest absolute Gasteiger partial charge is 0.303 e. The fourth-order valence-corrected chi connectivity index (χ4v) is 8.79. The molecular formula is C26H38O8. The van der Waals surface area contributed by atoms with Crippen LogP contribution >= 0.6 is 0 Å². The molecule has 2 N–H and O–H groups in total. The lowest BCUT2D eigenvalue weighted by Gasteiger charge is -2.69. The zero-order chi connectivity index (χ0) is 25.4. The Kier molecular flexibility index (Phi) is 5.96. The summed E-state index contributed by atoms with van der Waals surface area (Å²) in [5, 5.41) is 23.1. The lowest BCUT2D eigenvalue weighted by molar-refractivity contribution is -0.303. The lowest BCUT2D eigenvalue weighted by atomic mass is 9.38. The predicted octanol–water partition coefficient (Wildman–Crippen LogP) is 2.54. The topological polar surface area (TPSA) is 119 Å². The minimum Gasteiger partial charge on any atom is -0.462 e. The maximum absolute atomic E-state index is 12.4. The van der Waals surface area contributed by atoms with Gasteiger partial charge < -0.3 is 24.4 Å². The Morgan fingerprint density at radius 1 is 0.941 bits per heavy atom. The van der Waals surface area contributed by atoms with E-state index in [-0.39, 0.29) is 5.92 Å². The predicted molar refractivity (Wildman–Crippen MR) is 121 cm³/mol. The van der Waals surface area contributed by atoms with Crippen molar-refractivity contribution in [3.63, 3.8) is 0 Å². The van der Waals surface area contributed by atoms with Gasteiger partial charge in [-0.05, 0) is 42.6 Å². The van der Waals surface area contributed by atoms with E-state index in [1.54, 1.807) is 0 Å². The molecule has 10 atom stereocenters. The van der Waals surface area contributed by atoms with Crippen LogP contribution in [0, 0.1) is 34.0 Å². The highest BCUT2D eigenvalue weighted by atomic mass is 16.6. The molecule has 8 heteroatoms. The molecule has 190 valence electrons. The third kappa shape index (κ3) is 3.35. The van der Waals surface area contributed by atoms with E-state index in [2.05, 4.69) is 13.5 Å². The van der Waals surface area contributed by atoms with Crippen LogP contribution in [0.15, 0.2) is 12.2 Å². The normalized spacial score (nSPS) is 46.6. The van der Waals surface area contributed by atoms with Crippen LogP contribution < -0.4 is 0 Å². The Bertz CT molecular complexity index is 910. The van der Waals surface area contributed by atoms with Crippen LogP contribution in [0.4, 0.5) is 0 Å². The van der Waals surface area contributed by atoms with Gasteiger partial charge >= 0.3 is 17.9 Å². The van der Waals surface area contributed by atoms with Crippen molar-refractivity contribution < 1.29 is 38.8 Å². The Morgan fingerprint density at radius 3 is 2.09 bits per heavy atom. The number of rotatable bonds is 3. The summed E-state index contributed by atoms with van der Waals surface area (Å²) in [7, 11) is 0. The molecule has 4 rings (SSSR count). The number of carbonyl (C=O) groups is 3. The number of hydrogen-bond donors (Lipinski definition) is 2. The van der Waals surface area contributed by atoms with Gasteiger partial charge in [-0.1, -0.05) is 27.4 Å². The zero-order valence-corrected chi connectivity index (χ0v) is 21.0. The van der Waals surface area contributed by atoms with E-state index in [1.807, 2.05) is 13.8 Å². The number of aliphatic hydroxyl groups is 2. The van der Waals surface area contributed by atoms with Gasteiger partial charge in [0.25, 0.3) is 0 Å². The molecule has 4 aliphatic rings. The van der Waals surface area contributed by atoms with Crippen molar-refractivity contribution in [3.05, 3.63) is 12.2 Å². The molecule has 4 saturated carbocycles. The van der Waals surface area contributed by atoms with Crippen molar-refractivity contribution >= 4 is 17.9 Å². The molecule has 0 unspecified atom stereocenters. The number of carbonyl (C=O) groups excluding carboxylic acids is 3. The van der Waals surface area contributed by atoms with Crippen molar-refractivity contribution in [3.8, 4) is 0 Å². The van der Waals surface area contributed by atoms with Gasteiger partial charge in [0.1, 0.15) is 18.3 Å². The summed E-state index contributed by atoms with van der Waals surface area (Å²) in [6.07, 6.45) is -1.91. The second-order valence-corrected chi connectivity index (χ2v) is 11.8. The van der Waals surface area contributed by atoms with Gasteiger partial charge in [0.05, 0.1) is 12.2 Å². The van der Waals surface area contributed by atoms with E-state index in [1.165, 1.54) is 20.8 Å². The average Bonchev–Trinajstić information content (AvgIpc) is 2.88. The molecule has 0 amide bonds. The average molecular weight is 479 g/mol. The first kappa shape index (κ1) is 25.2. The summed E-state index contributed by atoms with van der Waals surface area (Å²) in [5.41, 5.74) is -1.65. The van der Waals surface area contributed by atoms with Crippen LogP contribution in [-0.2, 0) is 28.6 Å². The second-order valence-electron chi connectivity index (χ2n) is 11.8. The van der Waals surface area contributed by atoms with E-state index in [4.69, 9.17) is 14.2 Å². The molecule has 34 heavy (non-hydrogen) atoms. The van der Waals surface area contributed by atoms with Gasteiger partial charge in [-0.2, -0.15) is 0 Å². The van der Waals surface area contributed by atoms with Crippen LogP contribution in [0.3, 0.4) is 0 Å². The van der Waals surface area contributed by atoms with Crippen LogP contribution in [0.25, 0.3) is 0 Å². The standard InChI is InChI=1S/C26H38O8/c1-12-16-10-17(30)20-25(7)9-8-18(32-13(2)27)24(5,6)21(25)19(33-14(3)28)23(34-15(4)29)26(20,11-16)22(12)31/h16-23,30-31H,1,8-11H2,2-7H3/t16-,17+,18+,19-,20+,21-,22+,23+,25+,26+/m1/s1. The quantitative estimate of drug-likeness (QED) is 0.361. The number of fused-ring (bicyclic) bond motifs is 3. The van der Waals surface area contributed by atoms with Crippen molar-refractivity contribution in [2.45, 2.75) is 97.7 Å². The Balaban J connectivity index is 1.96. The molecule has 2 bridgehead atoms. The molecule has 0 aromatic carbocycles. The summed E-state index contributed by atoms with van der Waals surface area (Å²) in [6, 6.07) is 0. The molecule has 4 aliphatic carbocycles. The van der Waals surface area contributed by atoms with Gasteiger partial charge in [0.15, 0.2) is 0 Å². The monoisotopic (exact) mass is 478 g/mol. The summed E-state index contributed by atoms with van der Waals surface area (Å²) in [4.78, 5) is 36.7. The Morgan fingerprint density at radius 2 is 1.53 bits per heavy atom. The Hall–Kier alpha value is -1.93. The molecule has 1 spiro atoms. The molecule has 0 saturated heterocycles.